The number of hydrogen-bond donors (Lipinski definition) is 2. The lowest BCUT2D eigenvalue weighted by Gasteiger charge is -2.16. The summed E-state index contributed by atoms with van der Waals surface area (Å²) in [6.07, 6.45) is 1.78. The molecule has 0 aliphatic carbocycles. The van der Waals surface area contributed by atoms with Gasteiger partial charge < -0.3 is 15.8 Å². The van der Waals surface area contributed by atoms with Crippen molar-refractivity contribution in [1.82, 2.24) is 5.32 Å². The Balaban J connectivity index is 2.15. The van der Waals surface area contributed by atoms with Crippen molar-refractivity contribution in [2.45, 2.75) is 32.7 Å². The molecule has 3 N–H and O–H groups in total. The van der Waals surface area contributed by atoms with Crippen LogP contribution in [0.25, 0.3) is 0 Å². The van der Waals surface area contributed by atoms with Crippen molar-refractivity contribution in [2.75, 3.05) is 19.8 Å². The predicted octanol–water partition coefficient (Wildman–Crippen LogP) is 0.513. The minimum Gasteiger partial charge on any atom is -0.381 e. The van der Waals surface area contributed by atoms with Gasteiger partial charge in [-0.3, -0.25) is 4.79 Å². The number of nitrogens with two attached hydrogens (primary N) is 1. The quantitative estimate of drug-likeness (QED) is 0.701. The molecule has 0 aromatic heterocycles. The summed E-state index contributed by atoms with van der Waals surface area (Å²) >= 11 is 0. The summed E-state index contributed by atoms with van der Waals surface area (Å²) in [5.41, 5.74) is 5.88. The van der Waals surface area contributed by atoms with Gasteiger partial charge in [-0.15, -0.1) is 0 Å². The maximum Gasteiger partial charge on any atom is 0.225 e. The van der Waals surface area contributed by atoms with E-state index >= 15 is 0 Å². The van der Waals surface area contributed by atoms with Gasteiger partial charge in [0.2, 0.25) is 5.91 Å². The summed E-state index contributed by atoms with van der Waals surface area (Å²) < 4.78 is 5.16. The van der Waals surface area contributed by atoms with Crippen molar-refractivity contribution in [3.8, 4) is 0 Å². The molecule has 1 aliphatic rings. The second kappa shape index (κ2) is 6.08. The first kappa shape index (κ1) is 12.5. The van der Waals surface area contributed by atoms with Crippen LogP contribution in [0.4, 0.5) is 0 Å². The van der Waals surface area contributed by atoms with Crippen LogP contribution in [0.3, 0.4) is 0 Å². The van der Waals surface area contributed by atoms with Crippen LogP contribution in [0.5, 0.6) is 0 Å². The van der Waals surface area contributed by atoms with Gasteiger partial charge in [0.1, 0.15) is 0 Å². The highest BCUT2D eigenvalue weighted by atomic mass is 16.5. The van der Waals surface area contributed by atoms with E-state index in [2.05, 4.69) is 19.2 Å². The third kappa shape index (κ3) is 4.62. The molecule has 1 rings (SSSR count). The normalized spacial score (nSPS) is 23.1. The van der Waals surface area contributed by atoms with Crippen LogP contribution in [0, 0.1) is 11.8 Å². The Hall–Kier alpha value is -0.610. The first-order valence-electron chi connectivity index (χ1n) is 5.70. The van der Waals surface area contributed by atoms with Gasteiger partial charge in [-0.25, -0.2) is 0 Å². The fraction of sp³-hybridized carbons (Fsp3) is 0.909. The molecule has 4 heteroatoms. The lowest BCUT2D eigenvalue weighted by Crippen LogP contribution is -2.40. The maximum atomic E-state index is 11.6. The minimum atomic E-state index is 0.0382. The number of carbonyl (C=O) groups excluding carboxylic acids is 1. The molecule has 0 aromatic rings. The monoisotopic (exact) mass is 214 g/mol. The number of amides is 1. The van der Waals surface area contributed by atoms with Crippen molar-refractivity contribution in [3.05, 3.63) is 0 Å². The van der Waals surface area contributed by atoms with E-state index in [1.54, 1.807) is 0 Å². The summed E-state index contributed by atoms with van der Waals surface area (Å²) in [7, 11) is 0. The lowest BCUT2D eigenvalue weighted by atomic mass is 10.0. The molecule has 0 bridgehead atoms. The van der Waals surface area contributed by atoms with Crippen molar-refractivity contribution >= 4 is 5.91 Å². The Bertz CT molecular complexity index is 201. The molecule has 1 heterocycles. The van der Waals surface area contributed by atoms with Gasteiger partial charge in [0, 0.05) is 19.2 Å². The summed E-state index contributed by atoms with van der Waals surface area (Å²) in [6.45, 7) is 6.11. The van der Waals surface area contributed by atoms with Crippen molar-refractivity contribution < 1.29 is 9.53 Å². The van der Waals surface area contributed by atoms with E-state index in [0.29, 0.717) is 25.7 Å². The molecule has 0 radical (unpaired) electrons. The van der Waals surface area contributed by atoms with Gasteiger partial charge in [-0.2, -0.15) is 0 Å². The molecule has 1 saturated heterocycles. The molecule has 2 atom stereocenters. The highest BCUT2D eigenvalue weighted by Crippen LogP contribution is 2.12. The maximum absolute atomic E-state index is 11.6. The van der Waals surface area contributed by atoms with Crippen molar-refractivity contribution in [3.63, 3.8) is 0 Å². The Morgan fingerprint density at radius 1 is 1.60 bits per heavy atom. The Morgan fingerprint density at radius 2 is 2.33 bits per heavy atom. The summed E-state index contributed by atoms with van der Waals surface area (Å²) in [4.78, 5) is 11.6. The third-order valence-corrected chi connectivity index (χ3v) is 2.61. The zero-order valence-electron chi connectivity index (χ0n) is 9.66. The van der Waals surface area contributed by atoms with Crippen LogP contribution in [-0.4, -0.2) is 31.7 Å². The first-order chi connectivity index (χ1) is 7.09. The Kier molecular flexibility index (Phi) is 5.05. The molecule has 0 aromatic carbocycles. The highest BCUT2D eigenvalue weighted by molar-refractivity contribution is 5.79. The van der Waals surface area contributed by atoms with E-state index in [1.165, 1.54) is 0 Å². The number of rotatable bonds is 5. The topological polar surface area (TPSA) is 64.3 Å². The lowest BCUT2D eigenvalue weighted by molar-refractivity contribution is -0.125. The van der Waals surface area contributed by atoms with Gasteiger partial charge in [0.25, 0.3) is 0 Å². The zero-order chi connectivity index (χ0) is 11.3. The van der Waals surface area contributed by atoms with E-state index in [9.17, 15) is 4.79 Å². The van der Waals surface area contributed by atoms with Crippen LogP contribution in [0.1, 0.15) is 26.7 Å². The highest BCUT2D eigenvalue weighted by Gasteiger charge is 2.23. The summed E-state index contributed by atoms with van der Waals surface area (Å²) in [6, 6.07) is 0.0660. The smallest absolute Gasteiger partial charge is 0.225 e. The van der Waals surface area contributed by atoms with E-state index in [0.717, 1.165) is 12.8 Å². The van der Waals surface area contributed by atoms with Gasteiger partial charge in [-0.05, 0) is 18.8 Å². The predicted molar refractivity (Wildman–Crippen MR) is 59.4 cm³/mol. The fourth-order valence-corrected chi connectivity index (χ4v) is 1.81. The molecule has 4 nitrogen and oxygen atoms in total. The van der Waals surface area contributed by atoms with Crippen LogP contribution in [0.2, 0.25) is 0 Å². The molecule has 1 amide bonds. The molecule has 0 saturated carbocycles. The molecule has 88 valence electrons. The fourth-order valence-electron chi connectivity index (χ4n) is 1.81. The largest absolute Gasteiger partial charge is 0.381 e. The average molecular weight is 214 g/mol. The van der Waals surface area contributed by atoms with E-state index in [-0.39, 0.29) is 17.9 Å². The van der Waals surface area contributed by atoms with E-state index in [1.807, 2.05) is 0 Å². The zero-order valence-corrected chi connectivity index (χ0v) is 9.66. The average Bonchev–Trinajstić information content (AvgIpc) is 2.65. The van der Waals surface area contributed by atoms with Gasteiger partial charge >= 0.3 is 0 Å². The number of carbonyl (C=O) groups is 1. The molecule has 1 aliphatic heterocycles. The molecular formula is C11H22N2O2. The molecule has 0 spiro atoms. The Labute approximate surface area is 91.5 Å². The molecular weight excluding hydrogens is 192 g/mol. The van der Waals surface area contributed by atoms with Gasteiger partial charge in [0.15, 0.2) is 0 Å². The Morgan fingerprint density at radius 3 is 2.87 bits per heavy atom. The number of ether oxygens (including phenoxy) is 1. The second-order valence-electron chi connectivity index (χ2n) is 4.70. The van der Waals surface area contributed by atoms with Crippen molar-refractivity contribution in [1.29, 1.82) is 0 Å². The van der Waals surface area contributed by atoms with Crippen LogP contribution < -0.4 is 11.1 Å². The van der Waals surface area contributed by atoms with Crippen LogP contribution in [-0.2, 0) is 9.53 Å². The third-order valence-electron chi connectivity index (χ3n) is 2.61. The van der Waals surface area contributed by atoms with E-state index < -0.39 is 0 Å². The van der Waals surface area contributed by atoms with Crippen LogP contribution >= 0.6 is 0 Å². The molecule has 2 unspecified atom stereocenters. The summed E-state index contributed by atoms with van der Waals surface area (Å²) in [5.74, 6) is 0.703. The molecule has 1 fully saturated rings. The van der Waals surface area contributed by atoms with Gasteiger partial charge in [-0.1, -0.05) is 13.8 Å². The van der Waals surface area contributed by atoms with Crippen LogP contribution in [0.15, 0.2) is 0 Å². The summed E-state index contributed by atoms with van der Waals surface area (Å²) in [5, 5.41) is 2.89. The standard InChI is InChI=1S/C11H22N2O2/c1-8(2)5-10(12)6-13-11(14)9-3-4-15-7-9/h8-10H,3-7,12H2,1-2H3,(H,13,14). The first-order valence-corrected chi connectivity index (χ1v) is 5.70. The minimum absolute atomic E-state index is 0.0382. The number of nitrogens with one attached hydrogen (secondary N) is 1. The van der Waals surface area contributed by atoms with E-state index in [4.69, 9.17) is 10.5 Å². The SMILES string of the molecule is CC(C)CC(N)CNC(=O)C1CCOC1. The number of hydrogen-bond acceptors (Lipinski definition) is 3. The van der Waals surface area contributed by atoms with Gasteiger partial charge in [0.05, 0.1) is 12.5 Å². The second-order valence-corrected chi connectivity index (χ2v) is 4.70. The molecule has 15 heavy (non-hydrogen) atoms. The van der Waals surface area contributed by atoms with Crippen molar-refractivity contribution in [2.24, 2.45) is 17.6 Å².